The number of nitro benzene ring substituents is 2. The van der Waals surface area contributed by atoms with Crippen LogP contribution in [0.15, 0.2) is 36.4 Å². The number of nitrogens with one attached hydrogen (secondary N) is 1. The van der Waals surface area contributed by atoms with Gasteiger partial charge in [-0.15, -0.1) is 0 Å². The number of hydrogen-bond donors (Lipinski definition) is 1. The van der Waals surface area contributed by atoms with Crippen LogP contribution in [-0.4, -0.2) is 22.9 Å². The van der Waals surface area contributed by atoms with Gasteiger partial charge in [0.25, 0.3) is 11.6 Å². The minimum Gasteiger partial charge on any atom is -0.490 e. The lowest BCUT2D eigenvalue weighted by Gasteiger charge is -2.09. The molecule has 0 aliphatic rings. The molecule has 1 amide bonds. The predicted molar refractivity (Wildman–Crippen MR) is 85.4 cm³/mol. The normalized spacial score (nSPS) is 10.1. The van der Waals surface area contributed by atoms with Gasteiger partial charge in [0.15, 0.2) is 5.75 Å². The molecule has 0 spiro atoms. The molecule has 0 aliphatic heterocycles. The maximum atomic E-state index is 12.3. The lowest BCUT2D eigenvalue weighted by Crippen LogP contribution is -2.14. The van der Waals surface area contributed by atoms with E-state index in [4.69, 9.17) is 4.74 Å². The van der Waals surface area contributed by atoms with E-state index in [0.717, 1.165) is 6.07 Å². The summed E-state index contributed by atoms with van der Waals surface area (Å²) in [4.78, 5) is 33.0. The molecule has 0 unspecified atom stereocenters. The van der Waals surface area contributed by atoms with Gasteiger partial charge in [-0.25, -0.2) is 0 Å². The quantitative estimate of drug-likeness (QED) is 0.663. The van der Waals surface area contributed by atoms with Gasteiger partial charge in [0.05, 0.1) is 17.0 Å². The van der Waals surface area contributed by atoms with Crippen molar-refractivity contribution in [1.29, 1.82) is 0 Å². The first-order chi connectivity index (χ1) is 11.3. The predicted octanol–water partition coefficient (Wildman–Crippen LogP) is 3.07. The van der Waals surface area contributed by atoms with Gasteiger partial charge in [-0.1, -0.05) is 6.07 Å². The Hall–Kier alpha value is -3.49. The molecule has 2 aromatic rings. The summed E-state index contributed by atoms with van der Waals surface area (Å²) in [5.41, 5.74) is 0.0264. The standard InChI is InChI=1S/C15H13N3O6/c1-9-11(4-3-5-12(9)17(20)21)15(19)16-10-6-7-14(24-2)13(8-10)18(22)23/h3-8H,1-2H3,(H,16,19). The molecule has 0 aliphatic carbocycles. The highest BCUT2D eigenvalue weighted by molar-refractivity contribution is 6.06. The summed E-state index contributed by atoms with van der Waals surface area (Å²) < 4.78 is 4.88. The molecule has 124 valence electrons. The van der Waals surface area contributed by atoms with Crippen molar-refractivity contribution in [2.24, 2.45) is 0 Å². The molecule has 0 bridgehead atoms. The van der Waals surface area contributed by atoms with Crippen LogP contribution in [0.5, 0.6) is 5.75 Å². The Kier molecular flexibility index (Phi) is 4.73. The molecule has 0 radical (unpaired) electrons. The van der Waals surface area contributed by atoms with Crippen LogP contribution in [0, 0.1) is 27.2 Å². The second-order valence-electron chi connectivity index (χ2n) is 4.80. The zero-order valence-electron chi connectivity index (χ0n) is 12.8. The summed E-state index contributed by atoms with van der Waals surface area (Å²) in [6.07, 6.45) is 0. The van der Waals surface area contributed by atoms with Gasteiger partial charge in [-0.2, -0.15) is 0 Å². The number of nitro groups is 2. The fraction of sp³-hybridized carbons (Fsp3) is 0.133. The average Bonchev–Trinajstić information content (AvgIpc) is 2.54. The van der Waals surface area contributed by atoms with Gasteiger partial charge in [-0.05, 0) is 25.1 Å². The topological polar surface area (TPSA) is 125 Å². The highest BCUT2D eigenvalue weighted by Crippen LogP contribution is 2.30. The summed E-state index contributed by atoms with van der Waals surface area (Å²) in [6, 6.07) is 8.09. The minimum atomic E-state index is -0.632. The van der Waals surface area contributed by atoms with Crippen molar-refractivity contribution in [2.75, 3.05) is 12.4 Å². The molecular weight excluding hydrogens is 318 g/mol. The Morgan fingerprint density at radius 3 is 2.33 bits per heavy atom. The van der Waals surface area contributed by atoms with Crippen molar-refractivity contribution in [2.45, 2.75) is 6.92 Å². The fourth-order valence-electron chi connectivity index (χ4n) is 2.18. The van der Waals surface area contributed by atoms with Crippen LogP contribution in [0.25, 0.3) is 0 Å². The third kappa shape index (κ3) is 3.29. The van der Waals surface area contributed by atoms with Gasteiger partial charge >= 0.3 is 5.69 Å². The zero-order chi connectivity index (χ0) is 17.9. The van der Waals surface area contributed by atoms with E-state index in [0.29, 0.717) is 0 Å². The highest BCUT2D eigenvalue weighted by atomic mass is 16.6. The summed E-state index contributed by atoms with van der Waals surface area (Å²) in [5.74, 6) is -0.541. The monoisotopic (exact) mass is 331 g/mol. The zero-order valence-corrected chi connectivity index (χ0v) is 12.8. The van der Waals surface area contributed by atoms with E-state index in [1.165, 1.54) is 44.4 Å². The molecule has 24 heavy (non-hydrogen) atoms. The van der Waals surface area contributed by atoms with Crippen molar-refractivity contribution >= 4 is 23.0 Å². The first kappa shape index (κ1) is 16.9. The molecule has 9 nitrogen and oxygen atoms in total. The van der Waals surface area contributed by atoms with Crippen LogP contribution in [0.1, 0.15) is 15.9 Å². The molecule has 2 aromatic carbocycles. The van der Waals surface area contributed by atoms with E-state index in [9.17, 15) is 25.0 Å². The third-order valence-electron chi connectivity index (χ3n) is 3.38. The van der Waals surface area contributed by atoms with Crippen LogP contribution < -0.4 is 10.1 Å². The number of carbonyl (C=O) groups excluding carboxylic acids is 1. The molecule has 2 rings (SSSR count). The number of benzene rings is 2. The number of ether oxygens (including phenoxy) is 1. The van der Waals surface area contributed by atoms with E-state index in [-0.39, 0.29) is 33.9 Å². The van der Waals surface area contributed by atoms with Gasteiger partial charge in [0.1, 0.15) is 0 Å². The van der Waals surface area contributed by atoms with Crippen molar-refractivity contribution in [3.8, 4) is 5.75 Å². The highest BCUT2D eigenvalue weighted by Gasteiger charge is 2.20. The Labute approximate surface area is 136 Å². The molecule has 0 aromatic heterocycles. The first-order valence-electron chi connectivity index (χ1n) is 6.73. The lowest BCUT2D eigenvalue weighted by atomic mass is 10.1. The summed E-state index contributed by atoms with van der Waals surface area (Å²) >= 11 is 0. The van der Waals surface area contributed by atoms with Crippen molar-refractivity contribution in [3.05, 3.63) is 67.8 Å². The Morgan fingerprint density at radius 1 is 1.08 bits per heavy atom. The number of hydrogen-bond acceptors (Lipinski definition) is 6. The van der Waals surface area contributed by atoms with Crippen molar-refractivity contribution in [3.63, 3.8) is 0 Å². The van der Waals surface area contributed by atoms with E-state index in [1.54, 1.807) is 0 Å². The Morgan fingerprint density at radius 2 is 1.75 bits per heavy atom. The second kappa shape index (κ2) is 6.73. The number of anilines is 1. The first-order valence-corrected chi connectivity index (χ1v) is 6.73. The second-order valence-corrected chi connectivity index (χ2v) is 4.80. The molecule has 0 atom stereocenters. The minimum absolute atomic E-state index is 0.0597. The van der Waals surface area contributed by atoms with Crippen LogP contribution >= 0.6 is 0 Å². The number of rotatable bonds is 5. The van der Waals surface area contributed by atoms with Crippen molar-refractivity contribution < 1.29 is 19.4 Å². The van der Waals surface area contributed by atoms with Crippen molar-refractivity contribution in [1.82, 2.24) is 0 Å². The van der Waals surface area contributed by atoms with E-state index in [2.05, 4.69) is 5.32 Å². The SMILES string of the molecule is COc1ccc(NC(=O)c2cccc([N+](=O)[O-])c2C)cc1[N+](=O)[O-]. The fourth-order valence-corrected chi connectivity index (χ4v) is 2.18. The summed E-state index contributed by atoms with van der Waals surface area (Å²) in [6.45, 7) is 1.46. The van der Waals surface area contributed by atoms with Crippen LogP contribution in [0.4, 0.5) is 17.1 Å². The molecule has 9 heteroatoms. The molecule has 1 N–H and O–H groups in total. The molecule has 0 fully saturated rings. The van der Waals surface area contributed by atoms with Gasteiger partial charge < -0.3 is 10.1 Å². The molecule has 0 heterocycles. The number of nitrogens with zero attached hydrogens (tertiary/aromatic N) is 2. The van der Waals surface area contributed by atoms with E-state index < -0.39 is 15.8 Å². The van der Waals surface area contributed by atoms with E-state index >= 15 is 0 Å². The maximum absolute atomic E-state index is 12.3. The molecular formula is C15H13N3O6. The molecule has 0 saturated heterocycles. The van der Waals surface area contributed by atoms with Gasteiger partial charge in [0, 0.05) is 28.9 Å². The number of amides is 1. The van der Waals surface area contributed by atoms with Crippen LogP contribution in [0.3, 0.4) is 0 Å². The Balaban J connectivity index is 2.34. The van der Waals surface area contributed by atoms with Crippen LogP contribution in [0.2, 0.25) is 0 Å². The summed E-state index contributed by atoms with van der Waals surface area (Å²) in [5, 5.41) is 24.4. The van der Waals surface area contributed by atoms with E-state index in [1.807, 2.05) is 0 Å². The Bertz CT molecular complexity index is 834. The number of methoxy groups -OCH3 is 1. The molecule has 0 saturated carbocycles. The average molecular weight is 331 g/mol. The smallest absolute Gasteiger partial charge is 0.312 e. The maximum Gasteiger partial charge on any atom is 0.312 e. The van der Waals surface area contributed by atoms with Crippen LogP contribution in [-0.2, 0) is 0 Å². The summed E-state index contributed by atoms with van der Waals surface area (Å²) in [7, 11) is 1.30. The lowest BCUT2D eigenvalue weighted by molar-refractivity contribution is -0.385. The van der Waals surface area contributed by atoms with Gasteiger partial charge in [0.2, 0.25) is 0 Å². The largest absolute Gasteiger partial charge is 0.490 e. The third-order valence-corrected chi connectivity index (χ3v) is 3.38. The van der Waals surface area contributed by atoms with Gasteiger partial charge in [-0.3, -0.25) is 25.0 Å². The number of carbonyl (C=O) groups is 1.